The Labute approximate surface area is 139 Å². The molecule has 0 N–H and O–H groups in total. The predicted molar refractivity (Wildman–Crippen MR) is 86.3 cm³/mol. The van der Waals surface area contributed by atoms with Crippen molar-refractivity contribution >= 4 is 5.91 Å². The molecule has 3 heterocycles. The second-order valence-electron chi connectivity index (χ2n) is 6.90. The highest BCUT2D eigenvalue weighted by molar-refractivity contribution is 5.77. The molecule has 3 fully saturated rings. The Hall–Kier alpha value is -0.690. The number of nitrogens with zero attached hydrogens (tertiary/aromatic N) is 2. The van der Waals surface area contributed by atoms with Gasteiger partial charge < -0.3 is 19.1 Å². The molecule has 6 nitrogen and oxygen atoms in total. The van der Waals surface area contributed by atoms with Crippen LogP contribution in [0.2, 0.25) is 0 Å². The fraction of sp³-hybridized carbons (Fsp3) is 0.941. The number of morpholine rings is 1. The summed E-state index contributed by atoms with van der Waals surface area (Å²) in [6.07, 6.45) is 3.84. The van der Waals surface area contributed by atoms with Crippen molar-refractivity contribution < 1.29 is 19.0 Å². The first-order valence-corrected chi connectivity index (χ1v) is 8.98. The van der Waals surface area contributed by atoms with Crippen molar-refractivity contribution in [2.45, 2.75) is 37.8 Å². The Bertz CT molecular complexity index is 387. The van der Waals surface area contributed by atoms with E-state index in [0.29, 0.717) is 30.9 Å². The van der Waals surface area contributed by atoms with Gasteiger partial charge in [0.1, 0.15) is 0 Å². The number of carbonyl (C=O) groups is 1. The monoisotopic (exact) mass is 326 g/mol. The van der Waals surface area contributed by atoms with Crippen molar-refractivity contribution in [2.24, 2.45) is 5.92 Å². The Morgan fingerprint density at radius 2 is 1.96 bits per heavy atom. The molecular formula is C17H30N2O4. The number of amides is 1. The minimum absolute atomic E-state index is 0.0630. The van der Waals surface area contributed by atoms with Crippen LogP contribution in [0.15, 0.2) is 0 Å². The van der Waals surface area contributed by atoms with E-state index in [2.05, 4.69) is 9.80 Å². The maximum Gasteiger partial charge on any atom is 0.223 e. The van der Waals surface area contributed by atoms with Crippen LogP contribution in [0, 0.1) is 5.92 Å². The summed E-state index contributed by atoms with van der Waals surface area (Å²) in [4.78, 5) is 17.4. The van der Waals surface area contributed by atoms with Crippen LogP contribution in [0.25, 0.3) is 0 Å². The molecule has 3 aliphatic rings. The third-order valence-electron chi connectivity index (χ3n) is 5.45. The Kier molecular flexibility index (Phi) is 6.28. The zero-order valence-corrected chi connectivity index (χ0v) is 14.2. The van der Waals surface area contributed by atoms with E-state index < -0.39 is 0 Å². The number of rotatable bonds is 5. The molecule has 0 aromatic rings. The van der Waals surface area contributed by atoms with E-state index in [-0.39, 0.29) is 6.10 Å². The van der Waals surface area contributed by atoms with Gasteiger partial charge in [-0.1, -0.05) is 0 Å². The van der Waals surface area contributed by atoms with Gasteiger partial charge in [-0.15, -0.1) is 0 Å². The van der Waals surface area contributed by atoms with Crippen LogP contribution < -0.4 is 0 Å². The number of ether oxygens (including phenoxy) is 3. The van der Waals surface area contributed by atoms with Crippen LogP contribution in [0.4, 0.5) is 0 Å². The zero-order chi connectivity index (χ0) is 16.1. The summed E-state index contributed by atoms with van der Waals surface area (Å²) in [5, 5.41) is 0. The average Bonchev–Trinajstić information content (AvgIpc) is 3.04. The highest BCUT2D eigenvalue weighted by atomic mass is 16.5. The summed E-state index contributed by atoms with van der Waals surface area (Å²) >= 11 is 0. The summed E-state index contributed by atoms with van der Waals surface area (Å²) < 4.78 is 16.4. The van der Waals surface area contributed by atoms with Crippen LogP contribution in [-0.2, 0) is 19.0 Å². The van der Waals surface area contributed by atoms with E-state index in [1.54, 1.807) is 7.11 Å². The van der Waals surface area contributed by atoms with Gasteiger partial charge in [-0.3, -0.25) is 9.69 Å². The van der Waals surface area contributed by atoms with E-state index in [4.69, 9.17) is 14.2 Å². The first-order valence-electron chi connectivity index (χ1n) is 8.98. The maximum atomic E-state index is 12.8. The molecule has 0 aromatic heterocycles. The SMILES string of the molecule is COC1COCCC1CC(=O)N1CCC[C@H]1CN1CCOCC1. The molecule has 0 aliphatic carbocycles. The summed E-state index contributed by atoms with van der Waals surface area (Å²) in [5.41, 5.74) is 0. The van der Waals surface area contributed by atoms with Crippen LogP contribution in [0.1, 0.15) is 25.7 Å². The summed E-state index contributed by atoms with van der Waals surface area (Å²) in [6, 6.07) is 0.376. The third-order valence-corrected chi connectivity index (χ3v) is 5.45. The molecule has 3 rings (SSSR count). The normalized spacial score (nSPS) is 33.1. The van der Waals surface area contributed by atoms with Gasteiger partial charge in [0.25, 0.3) is 0 Å². The fourth-order valence-corrected chi connectivity index (χ4v) is 4.03. The lowest BCUT2D eigenvalue weighted by Gasteiger charge is -2.35. The second-order valence-corrected chi connectivity index (χ2v) is 6.90. The molecule has 0 bridgehead atoms. The van der Waals surface area contributed by atoms with Crippen molar-refractivity contribution in [3.8, 4) is 0 Å². The molecule has 6 heteroatoms. The molecule has 1 amide bonds. The summed E-state index contributed by atoms with van der Waals surface area (Å²) in [5.74, 6) is 0.598. The number of carbonyl (C=O) groups excluding carboxylic acids is 1. The molecule has 23 heavy (non-hydrogen) atoms. The topological polar surface area (TPSA) is 51.2 Å². The molecule has 2 unspecified atom stereocenters. The maximum absolute atomic E-state index is 12.8. The summed E-state index contributed by atoms with van der Waals surface area (Å²) in [6.45, 7) is 6.89. The average molecular weight is 326 g/mol. The van der Waals surface area contributed by atoms with Gasteiger partial charge in [-0.05, 0) is 25.2 Å². The van der Waals surface area contributed by atoms with Gasteiger partial charge in [-0.25, -0.2) is 0 Å². The van der Waals surface area contributed by atoms with E-state index in [1.165, 1.54) is 0 Å². The van der Waals surface area contributed by atoms with E-state index in [9.17, 15) is 4.79 Å². The Morgan fingerprint density at radius 3 is 2.74 bits per heavy atom. The molecule has 0 aromatic carbocycles. The minimum atomic E-state index is 0.0630. The molecule has 0 spiro atoms. The molecule has 0 radical (unpaired) electrons. The van der Waals surface area contributed by atoms with Gasteiger partial charge in [0, 0.05) is 52.4 Å². The van der Waals surface area contributed by atoms with Crippen molar-refractivity contribution in [1.82, 2.24) is 9.80 Å². The lowest BCUT2D eigenvalue weighted by molar-refractivity contribution is -0.137. The van der Waals surface area contributed by atoms with Crippen molar-refractivity contribution in [2.75, 3.05) is 59.7 Å². The second kappa shape index (κ2) is 8.42. The van der Waals surface area contributed by atoms with E-state index in [1.807, 2.05) is 0 Å². The smallest absolute Gasteiger partial charge is 0.223 e. The first kappa shape index (κ1) is 17.1. The van der Waals surface area contributed by atoms with Gasteiger partial charge in [-0.2, -0.15) is 0 Å². The highest BCUT2D eigenvalue weighted by Gasteiger charge is 2.34. The van der Waals surface area contributed by atoms with Gasteiger partial charge in [0.05, 0.1) is 25.9 Å². The van der Waals surface area contributed by atoms with Crippen LogP contribution in [0.5, 0.6) is 0 Å². The van der Waals surface area contributed by atoms with Crippen molar-refractivity contribution in [3.05, 3.63) is 0 Å². The molecular weight excluding hydrogens is 296 g/mol. The summed E-state index contributed by atoms with van der Waals surface area (Å²) in [7, 11) is 1.72. The van der Waals surface area contributed by atoms with Gasteiger partial charge >= 0.3 is 0 Å². The van der Waals surface area contributed by atoms with Gasteiger partial charge in [0.2, 0.25) is 5.91 Å². The van der Waals surface area contributed by atoms with Crippen molar-refractivity contribution in [1.29, 1.82) is 0 Å². The number of likely N-dealkylation sites (tertiary alicyclic amines) is 1. The quantitative estimate of drug-likeness (QED) is 0.746. The lowest BCUT2D eigenvalue weighted by atomic mass is 9.93. The number of methoxy groups -OCH3 is 1. The highest BCUT2D eigenvalue weighted by Crippen LogP contribution is 2.26. The number of hydrogen-bond acceptors (Lipinski definition) is 5. The Morgan fingerprint density at radius 1 is 1.13 bits per heavy atom. The number of hydrogen-bond donors (Lipinski definition) is 0. The van der Waals surface area contributed by atoms with Crippen LogP contribution >= 0.6 is 0 Å². The molecule has 0 saturated carbocycles. The standard InChI is InChI=1S/C17H30N2O4/c1-21-16-13-23-8-4-14(16)11-17(20)19-5-2-3-15(19)12-18-6-9-22-10-7-18/h14-16H,2-13H2,1H3/t14?,15-,16?/m0/s1. The van der Waals surface area contributed by atoms with E-state index in [0.717, 1.165) is 65.3 Å². The largest absolute Gasteiger partial charge is 0.379 e. The minimum Gasteiger partial charge on any atom is -0.379 e. The predicted octanol–water partition coefficient (Wildman–Crippen LogP) is 0.751. The van der Waals surface area contributed by atoms with Gasteiger partial charge in [0.15, 0.2) is 0 Å². The molecule has 3 atom stereocenters. The van der Waals surface area contributed by atoms with E-state index >= 15 is 0 Å². The van der Waals surface area contributed by atoms with Crippen LogP contribution in [-0.4, -0.2) is 87.6 Å². The molecule has 3 saturated heterocycles. The fourth-order valence-electron chi connectivity index (χ4n) is 4.03. The van der Waals surface area contributed by atoms with Crippen molar-refractivity contribution in [3.63, 3.8) is 0 Å². The third kappa shape index (κ3) is 4.44. The molecule has 3 aliphatic heterocycles. The Balaban J connectivity index is 1.52. The zero-order valence-electron chi connectivity index (χ0n) is 14.2. The lowest BCUT2D eigenvalue weighted by Crippen LogP contribution is -2.47. The molecule has 132 valence electrons. The first-order chi connectivity index (χ1) is 11.3. The van der Waals surface area contributed by atoms with Crippen LogP contribution in [0.3, 0.4) is 0 Å².